The third-order valence-electron chi connectivity index (χ3n) is 3.34. The molecule has 0 saturated carbocycles. The summed E-state index contributed by atoms with van der Waals surface area (Å²) in [6.45, 7) is 2.90. The van der Waals surface area contributed by atoms with Gasteiger partial charge in [0.2, 0.25) is 0 Å². The van der Waals surface area contributed by atoms with Gasteiger partial charge in [-0.3, -0.25) is 9.69 Å². The van der Waals surface area contributed by atoms with E-state index in [1.54, 1.807) is 23.5 Å². The number of likely N-dealkylation sites (tertiary alicyclic amines) is 1. The van der Waals surface area contributed by atoms with E-state index in [4.69, 9.17) is 4.42 Å². The molecule has 3 rings (SSSR count). The van der Waals surface area contributed by atoms with E-state index in [0.717, 1.165) is 26.1 Å². The molecule has 5 heteroatoms. The van der Waals surface area contributed by atoms with Gasteiger partial charge in [0.1, 0.15) is 0 Å². The van der Waals surface area contributed by atoms with E-state index in [0.29, 0.717) is 5.76 Å². The van der Waals surface area contributed by atoms with Crippen molar-refractivity contribution in [2.75, 3.05) is 13.1 Å². The summed E-state index contributed by atoms with van der Waals surface area (Å²) >= 11 is 1.72. The molecule has 1 atom stereocenters. The van der Waals surface area contributed by atoms with E-state index in [9.17, 15) is 4.79 Å². The van der Waals surface area contributed by atoms with E-state index in [1.807, 2.05) is 0 Å². The first-order valence-electron chi connectivity index (χ1n) is 6.39. The van der Waals surface area contributed by atoms with Crippen LogP contribution in [0.4, 0.5) is 0 Å². The van der Waals surface area contributed by atoms with Crippen molar-refractivity contribution in [3.8, 4) is 0 Å². The molecular weight excluding hydrogens is 260 g/mol. The van der Waals surface area contributed by atoms with Crippen LogP contribution in [0.3, 0.4) is 0 Å². The molecule has 0 aliphatic carbocycles. The number of nitrogens with zero attached hydrogens (tertiary/aromatic N) is 1. The number of rotatable bonds is 4. The van der Waals surface area contributed by atoms with E-state index >= 15 is 0 Å². The lowest BCUT2D eigenvalue weighted by Crippen LogP contribution is -2.36. The Kier molecular flexibility index (Phi) is 3.66. The van der Waals surface area contributed by atoms with Crippen molar-refractivity contribution in [1.82, 2.24) is 10.2 Å². The molecule has 1 N–H and O–H groups in total. The van der Waals surface area contributed by atoms with Gasteiger partial charge in [0.25, 0.3) is 5.91 Å². The van der Waals surface area contributed by atoms with Crippen LogP contribution in [0, 0.1) is 0 Å². The van der Waals surface area contributed by atoms with E-state index in [1.165, 1.54) is 11.8 Å². The highest BCUT2D eigenvalue weighted by Gasteiger charge is 2.24. The number of thiophene rings is 1. The standard InChI is InChI=1S/C14H16N2O2S/c17-14(13-2-1-6-18-13)15-12-3-5-16(9-12)8-11-4-7-19-10-11/h1-2,4,6-7,10,12H,3,5,8-9H2,(H,15,17). The minimum absolute atomic E-state index is 0.118. The van der Waals surface area contributed by atoms with Crippen molar-refractivity contribution in [2.24, 2.45) is 0 Å². The molecule has 1 fully saturated rings. The summed E-state index contributed by atoms with van der Waals surface area (Å²) in [6.07, 6.45) is 2.52. The van der Waals surface area contributed by atoms with Crippen molar-refractivity contribution in [3.63, 3.8) is 0 Å². The number of furan rings is 1. The SMILES string of the molecule is O=C(NC1CCN(Cc2ccsc2)C1)c1ccco1. The summed E-state index contributed by atoms with van der Waals surface area (Å²) in [7, 11) is 0. The molecule has 4 nitrogen and oxygen atoms in total. The first kappa shape index (κ1) is 12.4. The summed E-state index contributed by atoms with van der Waals surface area (Å²) in [4.78, 5) is 14.2. The van der Waals surface area contributed by atoms with Gasteiger partial charge >= 0.3 is 0 Å². The van der Waals surface area contributed by atoms with Crippen molar-refractivity contribution in [3.05, 3.63) is 46.5 Å². The van der Waals surface area contributed by atoms with Gasteiger partial charge in [0.15, 0.2) is 5.76 Å². The highest BCUT2D eigenvalue weighted by atomic mass is 32.1. The highest BCUT2D eigenvalue weighted by Crippen LogP contribution is 2.15. The Morgan fingerprint density at radius 2 is 2.47 bits per heavy atom. The molecule has 1 aliphatic rings. The zero-order valence-corrected chi connectivity index (χ0v) is 11.4. The zero-order chi connectivity index (χ0) is 13.1. The normalized spacial score (nSPS) is 19.7. The van der Waals surface area contributed by atoms with E-state index < -0.39 is 0 Å². The molecule has 1 unspecified atom stereocenters. The number of hydrogen-bond acceptors (Lipinski definition) is 4. The first-order valence-corrected chi connectivity index (χ1v) is 7.33. The van der Waals surface area contributed by atoms with Crippen LogP contribution in [0.25, 0.3) is 0 Å². The second kappa shape index (κ2) is 5.59. The minimum Gasteiger partial charge on any atom is -0.459 e. The molecule has 0 spiro atoms. The lowest BCUT2D eigenvalue weighted by Gasteiger charge is -2.15. The third kappa shape index (κ3) is 3.05. The van der Waals surface area contributed by atoms with Crippen LogP contribution >= 0.6 is 11.3 Å². The molecule has 0 radical (unpaired) electrons. The molecule has 3 heterocycles. The van der Waals surface area contributed by atoms with Crippen molar-refractivity contribution in [1.29, 1.82) is 0 Å². The molecule has 19 heavy (non-hydrogen) atoms. The van der Waals surface area contributed by atoms with Gasteiger partial charge in [-0.25, -0.2) is 0 Å². The van der Waals surface area contributed by atoms with Crippen LogP contribution < -0.4 is 5.32 Å². The van der Waals surface area contributed by atoms with Gasteiger partial charge in [-0.05, 0) is 40.9 Å². The van der Waals surface area contributed by atoms with Crippen LogP contribution in [0.15, 0.2) is 39.6 Å². The second-order valence-corrected chi connectivity index (χ2v) is 5.58. The Balaban J connectivity index is 1.50. The maximum absolute atomic E-state index is 11.9. The van der Waals surface area contributed by atoms with Crippen LogP contribution in [0.2, 0.25) is 0 Å². The number of carbonyl (C=O) groups is 1. The minimum atomic E-state index is -0.118. The molecule has 0 bridgehead atoms. The van der Waals surface area contributed by atoms with Gasteiger partial charge in [0.05, 0.1) is 6.26 Å². The van der Waals surface area contributed by atoms with Gasteiger partial charge in [-0.1, -0.05) is 0 Å². The average molecular weight is 276 g/mol. The molecule has 2 aromatic rings. The van der Waals surface area contributed by atoms with Crippen molar-refractivity contribution < 1.29 is 9.21 Å². The maximum atomic E-state index is 11.9. The molecule has 2 aromatic heterocycles. The number of nitrogens with one attached hydrogen (secondary N) is 1. The molecule has 1 aliphatic heterocycles. The summed E-state index contributed by atoms with van der Waals surface area (Å²) in [6, 6.07) is 5.79. The Labute approximate surface area is 116 Å². The zero-order valence-electron chi connectivity index (χ0n) is 10.5. The van der Waals surface area contributed by atoms with Crippen LogP contribution in [-0.4, -0.2) is 29.9 Å². The Morgan fingerprint density at radius 1 is 1.53 bits per heavy atom. The van der Waals surface area contributed by atoms with Crippen molar-refractivity contribution in [2.45, 2.75) is 19.0 Å². The largest absolute Gasteiger partial charge is 0.459 e. The fourth-order valence-corrected chi connectivity index (χ4v) is 3.06. The number of amides is 1. The predicted molar refractivity (Wildman–Crippen MR) is 74.2 cm³/mol. The number of hydrogen-bond donors (Lipinski definition) is 1. The molecule has 1 saturated heterocycles. The molecule has 1 amide bonds. The lowest BCUT2D eigenvalue weighted by molar-refractivity contribution is 0.0909. The summed E-state index contributed by atoms with van der Waals surface area (Å²) in [5, 5.41) is 7.29. The average Bonchev–Trinajstić information content (AvgIpc) is 3.10. The summed E-state index contributed by atoms with van der Waals surface area (Å²) in [5.74, 6) is 0.267. The fraction of sp³-hybridized carbons (Fsp3) is 0.357. The summed E-state index contributed by atoms with van der Waals surface area (Å²) < 4.78 is 5.09. The predicted octanol–water partition coefficient (Wildman–Crippen LogP) is 2.35. The summed E-state index contributed by atoms with van der Waals surface area (Å²) in [5.41, 5.74) is 1.35. The fourth-order valence-electron chi connectivity index (χ4n) is 2.40. The molecular formula is C14H16N2O2S. The monoisotopic (exact) mass is 276 g/mol. The van der Waals surface area contributed by atoms with Gasteiger partial charge in [-0.2, -0.15) is 11.3 Å². The quantitative estimate of drug-likeness (QED) is 0.932. The second-order valence-electron chi connectivity index (χ2n) is 4.80. The van der Waals surface area contributed by atoms with Crippen LogP contribution in [0.1, 0.15) is 22.5 Å². The van der Waals surface area contributed by atoms with E-state index in [2.05, 4.69) is 27.0 Å². The lowest BCUT2D eigenvalue weighted by atomic mass is 10.2. The first-order chi connectivity index (χ1) is 9.31. The molecule has 0 aromatic carbocycles. The maximum Gasteiger partial charge on any atom is 0.287 e. The Hall–Kier alpha value is -1.59. The van der Waals surface area contributed by atoms with Gasteiger partial charge in [-0.15, -0.1) is 0 Å². The van der Waals surface area contributed by atoms with Gasteiger partial charge in [0, 0.05) is 25.7 Å². The van der Waals surface area contributed by atoms with Gasteiger partial charge < -0.3 is 9.73 Å². The smallest absolute Gasteiger partial charge is 0.287 e. The highest BCUT2D eigenvalue weighted by molar-refractivity contribution is 7.07. The topological polar surface area (TPSA) is 45.5 Å². The molecule has 100 valence electrons. The van der Waals surface area contributed by atoms with Crippen LogP contribution in [-0.2, 0) is 6.54 Å². The Morgan fingerprint density at radius 3 is 3.21 bits per heavy atom. The van der Waals surface area contributed by atoms with Crippen molar-refractivity contribution >= 4 is 17.2 Å². The Bertz CT molecular complexity index is 522. The van der Waals surface area contributed by atoms with E-state index in [-0.39, 0.29) is 11.9 Å². The number of carbonyl (C=O) groups excluding carboxylic acids is 1. The van der Waals surface area contributed by atoms with Crippen LogP contribution in [0.5, 0.6) is 0 Å². The third-order valence-corrected chi connectivity index (χ3v) is 4.07.